The Hall–Kier alpha value is -2.87. The van der Waals surface area contributed by atoms with E-state index in [1.54, 1.807) is 20.5 Å². The highest BCUT2D eigenvalue weighted by molar-refractivity contribution is 8.04. The quantitative estimate of drug-likeness (QED) is 0.647. The van der Waals surface area contributed by atoms with E-state index in [0.29, 0.717) is 18.1 Å². The van der Waals surface area contributed by atoms with E-state index < -0.39 is 11.2 Å². The van der Waals surface area contributed by atoms with Crippen LogP contribution in [-0.2, 0) is 14.3 Å². The largest absolute Gasteiger partial charge is 0.498 e. The number of hydrogen-bond acceptors (Lipinski definition) is 6. The Morgan fingerprint density at radius 3 is 2.62 bits per heavy atom. The zero-order valence-corrected chi connectivity index (χ0v) is 21.2. The van der Waals surface area contributed by atoms with Gasteiger partial charge in [0.05, 0.1) is 43.9 Å². The number of benzene rings is 1. The molecule has 0 spiro atoms. The van der Waals surface area contributed by atoms with Gasteiger partial charge in [-0.2, -0.15) is 0 Å². The van der Waals surface area contributed by atoms with Crippen LogP contribution in [0.2, 0.25) is 0 Å². The van der Waals surface area contributed by atoms with Crippen LogP contribution in [0.15, 0.2) is 52.3 Å². The lowest BCUT2D eigenvalue weighted by atomic mass is 9.82. The molecule has 0 radical (unpaired) electrons. The molecule has 1 amide bonds. The van der Waals surface area contributed by atoms with Crippen molar-refractivity contribution in [3.05, 3.63) is 57.8 Å². The number of aliphatic carboxylic acids is 1. The van der Waals surface area contributed by atoms with Gasteiger partial charge in [0.1, 0.15) is 6.61 Å². The number of allylic oxidation sites excluding steroid dienone is 3. The van der Waals surface area contributed by atoms with Crippen molar-refractivity contribution in [3.63, 3.8) is 0 Å². The van der Waals surface area contributed by atoms with Gasteiger partial charge in [-0.25, -0.2) is 0 Å². The second-order valence-corrected chi connectivity index (χ2v) is 11.0. The molecule has 2 aliphatic heterocycles. The first-order chi connectivity index (χ1) is 16.1. The van der Waals surface area contributed by atoms with Crippen LogP contribution in [0.3, 0.4) is 0 Å². The summed E-state index contributed by atoms with van der Waals surface area (Å²) in [6.07, 6.45) is 3.62. The fraction of sp³-hybridized carbons (Fsp3) is 0.462. The number of hydrogen-bond donors (Lipinski definition) is 1. The molecule has 182 valence electrons. The highest BCUT2D eigenvalue weighted by Crippen LogP contribution is 2.54. The maximum absolute atomic E-state index is 13.8. The van der Waals surface area contributed by atoms with Gasteiger partial charge >= 0.3 is 5.97 Å². The topological polar surface area (TPSA) is 85.3 Å². The van der Waals surface area contributed by atoms with E-state index in [-0.39, 0.29) is 29.7 Å². The van der Waals surface area contributed by atoms with Crippen LogP contribution in [-0.4, -0.2) is 54.0 Å². The van der Waals surface area contributed by atoms with Crippen molar-refractivity contribution in [2.75, 3.05) is 20.8 Å². The summed E-state index contributed by atoms with van der Waals surface area (Å²) in [6.45, 7) is 8.55. The molecule has 3 atom stereocenters. The molecule has 1 aliphatic carbocycles. The zero-order chi connectivity index (χ0) is 24.8. The third-order valence-electron chi connectivity index (χ3n) is 6.53. The summed E-state index contributed by atoms with van der Waals surface area (Å²) < 4.78 is 17.2. The van der Waals surface area contributed by atoms with E-state index >= 15 is 0 Å². The van der Waals surface area contributed by atoms with Crippen molar-refractivity contribution in [2.45, 2.75) is 51.3 Å². The molecule has 8 heteroatoms. The first-order valence-electron chi connectivity index (χ1n) is 11.3. The second-order valence-electron chi connectivity index (χ2n) is 9.78. The molecule has 34 heavy (non-hydrogen) atoms. The van der Waals surface area contributed by atoms with Gasteiger partial charge in [-0.3, -0.25) is 9.59 Å². The normalized spacial score (nSPS) is 24.5. The maximum Gasteiger partial charge on any atom is 0.305 e. The molecule has 0 bridgehead atoms. The number of methoxy groups -OCH3 is 2. The maximum atomic E-state index is 13.8. The molecule has 1 aromatic rings. The van der Waals surface area contributed by atoms with E-state index in [4.69, 9.17) is 14.2 Å². The first kappa shape index (κ1) is 24.3. The zero-order valence-electron chi connectivity index (χ0n) is 20.4. The molecule has 0 fully saturated rings. The lowest BCUT2D eigenvalue weighted by molar-refractivity contribution is -0.141. The smallest absolute Gasteiger partial charge is 0.305 e. The Morgan fingerprint density at radius 1 is 1.26 bits per heavy atom. The summed E-state index contributed by atoms with van der Waals surface area (Å²) in [5.41, 5.74) is 3.26. The van der Waals surface area contributed by atoms with E-state index in [2.05, 4.69) is 26.8 Å². The Bertz CT molecular complexity index is 1110. The number of carboxylic acid groups (broad SMARTS) is 1. The SMILES string of the molecule is COc1cccc(C2C=C(C)C3=COCC(C(C)(C)C)N4C(=O)C(CC(=O)O)SC2=C34)c1OC. The summed E-state index contributed by atoms with van der Waals surface area (Å²) in [5, 5.41) is 8.85. The molecule has 7 nitrogen and oxygen atoms in total. The number of amides is 1. The summed E-state index contributed by atoms with van der Waals surface area (Å²) in [6, 6.07) is 5.49. The lowest BCUT2D eigenvalue weighted by Crippen LogP contribution is -2.54. The Balaban J connectivity index is 1.97. The van der Waals surface area contributed by atoms with E-state index in [0.717, 1.165) is 27.3 Å². The molecular weight excluding hydrogens is 454 g/mol. The van der Waals surface area contributed by atoms with Gasteiger partial charge in [0.25, 0.3) is 0 Å². The molecule has 1 aromatic carbocycles. The molecule has 3 aliphatic rings. The van der Waals surface area contributed by atoms with Gasteiger partial charge in [0.15, 0.2) is 11.5 Å². The highest BCUT2D eigenvalue weighted by Gasteiger charge is 2.48. The number of carbonyl (C=O) groups excluding carboxylic acids is 1. The Kier molecular flexibility index (Phi) is 6.46. The van der Waals surface area contributed by atoms with E-state index in [1.807, 2.05) is 30.0 Å². The number of ether oxygens (including phenoxy) is 3. The fourth-order valence-electron chi connectivity index (χ4n) is 4.80. The number of carbonyl (C=O) groups is 2. The second kappa shape index (κ2) is 9.06. The van der Waals surface area contributed by atoms with Crippen molar-refractivity contribution in [3.8, 4) is 11.5 Å². The predicted octanol–water partition coefficient (Wildman–Crippen LogP) is 4.71. The summed E-state index contributed by atoms with van der Waals surface area (Å²) in [4.78, 5) is 28.2. The van der Waals surface area contributed by atoms with E-state index in [1.165, 1.54) is 11.8 Å². The van der Waals surface area contributed by atoms with Gasteiger partial charge in [-0.15, -0.1) is 11.8 Å². The van der Waals surface area contributed by atoms with Crippen molar-refractivity contribution < 1.29 is 28.9 Å². The summed E-state index contributed by atoms with van der Waals surface area (Å²) in [7, 11) is 3.21. The molecule has 2 heterocycles. The minimum absolute atomic E-state index is 0.187. The van der Waals surface area contributed by atoms with Gasteiger partial charge < -0.3 is 24.2 Å². The Morgan fingerprint density at radius 2 is 2.00 bits per heavy atom. The average molecular weight is 486 g/mol. The number of thioether (sulfide) groups is 1. The van der Waals surface area contributed by atoms with Crippen LogP contribution in [0.1, 0.15) is 45.6 Å². The standard InChI is InChI=1S/C26H31NO6S/c1-14-10-16(15-8-7-9-18(31-5)23(15)32-6)24-22-17(14)12-33-13-20(26(2,3)4)27(22)25(30)19(34-24)11-21(28)29/h7-10,12,16,19-20H,11,13H2,1-6H3,(H,28,29). The average Bonchev–Trinajstić information content (AvgIpc) is 2.99. The van der Waals surface area contributed by atoms with E-state index in [9.17, 15) is 14.7 Å². The van der Waals surface area contributed by atoms with Crippen LogP contribution in [0.25, 0.3) is 0 Å². The molecule has 0 aromatic heterocycles. The molecule has 3 unspecified atom stereocenters. The van der Waals surface area contributed by atoms with Crippen LogP contribution in [0, 0.1) is 5.41 Å². The van der Waals surface area contributed by atoms with Crippen LogP contribution < -0.4 is 9.47 Å². The van der Waals surface area contributed by atoms with Crippen molar-refractivity contribution >= 4 is 23.6 Å². The number of nitrogens with zero attached hydrogens (tertiary/aromatic N) is 1. The predicted molar refractivity (Wildman–Crippen MR) is 131 cm³/mol. The van der Waals surface area contributed by atoms with Crippen LogP contribution >= 0.6 is 11.8 Å². The minimum Gasteiger partial charge on any atom is -0.498 e. The van der Waals surface area contributed by atoms with Crippen molar-refractivity contribution in [1.82, 2.24) is 4.90 Å². The van der Waals surface area contributed by atoms with Gasteiger partial charge in [-0.05, 0) is 24.0 Å². The first-order valence-corrected chi connectivity index (χ1v) is 12.1. The van der Waals surface area contributed by atoms with Gasteiger partial charge in [0.2, 0.25) is 5.91 Å². The summed E-state index contributed by atoms with van der Waals surface area (Å²) >= 11 is 1.34. The third-order valence-corrected chi connectivity index (χ3v) is 7.88. The molecule has 1 N–H and O–H groups in total. The number of carboxylic acids is 1. The molecular formula is C26H31NO6S. The lowest BCUT2D eigenvalue weighted by Gasteiger charge is -2.46. The van der Waals surface area contributed by atoms with Gasteiger partial charge in [0, 0.05) is 22.0 Å². The van der Waals surface area contributed by atoms with Crippen LogP contribution in [0.4, 0.5) is 0 Å². The van der Waals surface area contributed by atoms with Crippen molar-refractivity contribution in [1.29, 1.82) is 0 Å². The number of para-hydroxylation sites is 1. The Labute approximate surface area is 204 Å². The summed E-state index contributed by atoms with van der Waals surface area (Å²) in [5.74, 6) is -0.176. The highest BCUT2D eigenvalue weighted by atomic mass is 32.2. The third kappa shape index (κ3) is 4.08. The monoisotopic (exact) mass is 485 g/mol. The fourth-order valence-corrected chi connectivity index (χ4v) is 6.21. The minimum atomic E-state index is -0.998. The molecule has 0 saturated carbocycles. The molecule has 0 saturated heterocycles. The van der Waals surface area contributed by atoms with Gasteiger partial charge in [-0.1, -0.05) is 39.0 Å². The van der Waals surface area contributed by atoms with Crippen molar-refractivity contribution in [2.24, 2.45) is 5.41 Å². The number of rotatable bonds is 5. The van der Waals surface area contributed by atoms with Crippen LogP contribution in [0.5, 0.6) is 11.5 Å². The molecule has 4 rings (SSSR count).